The molecule has 0 unspecified atom stereocenters. The van der Waals surface area contributed by atoms with Crippen LogP contribution in [-0.2, 0) is 14.6 Å². The zero-order valence-corrected chi connectivity index (χ0v) is 9.83. The monoisotopic (exact) mass is 228 g/mol. The Morgan fingerprint density at radius 2 is 2.27 bits per heavy atom. The minimum atomic E-state index is -3.03. The largest absolute Gasteiger partial charge is 0.295 e. The number of rotatable bonds is 4. The first-order chi connectivity index (χ1) is 6.97. The standard InChI is InChI=1S/C11H16O3S/c1-3-5-10(12)8-9(2)11-6-4-7-15(11,13)14/h3-6,9,11H,7-8H2,1-2H3/t9-,11-/m1/s1. The summed E-state index contributed by atoms with van der Waals surface area (Å²) in [6.07, 6.45) is 6.81. The summed E-state index contributed by atoms with van der Waals surface area (Å²) >= 11 is 0. The first kappa shape index (κ1) is 12.2. The fourth-order valence-corrected chi connectivity index (χ4v) is 3.54. The third kappa shape index (κ3) is 3.02. The lowest BCUT2D eigenvalue weighted by atomic mass is 10.00. The summed E-state index contributed by atoms with van der Waals surface area (Å²) in [4.78, 5) is 11.3. The molecule has 0 spiro atoms. The van der Waals surface area contributed by atoms with Crippen molar-refractivity contribution in [3.63, 3.8) is 0 Å². The lowest BCUT2D eigenvalue weighted by Crippen LogP contribution is -2.25. The smallest absolute Gasteiger partial charge is 0.160 e. The molecule has 0 saturated carbocycles. The van der Waals surface area contributed by atoms with Crippen LogP contribution in [0.25, 0.3) is 0 Å². The van der Waals surface area contributed by atoms with Crippen LogP contribution in [0.2, 0.25) is 0 Å². The Morgan fingerprint density at radius 3 is 2.73 bits per heavy atom. The minimum absolute atomic E-state index is 0.0134. The number of carbonyl (C=O) groups is 1. The quantitative estimate of drug-likeness (QED) is 0.541. The van der Waals surface area contributed by atoms with Crippen molar-refractivity contribution in [1.29, 1.82) is 0 Å². The Bertz CT molecular complexity index is 390. The third-order valence-corrected chi connectivity index (χ3v) is 4.61. The molecule has 15 heavy (non-hydrogen) atoms. The summed E-state index contributed by atoms with van der Waals surface area (Å²) in [6, 6.07) is 0. The van der Waals surface area contributed by atoms with Crippen molar-refractivity contribution in [2.75, 3.05) is 5.75 Å². The number of carbonyl (C=O) groups excluding carboxylic acids is 1. The van der Waals surface area contributed by atoms with Crippen LogP contribution >= 0.6 is 0 Å². The number of ketones is 1. The molecule has 0 radical (unpaired) electrons. The van der Waals surface area contributed by atoms with Gasteiger partial charge in [-0.1, -0.05) is 25.2 Å². The maximum atomic E-state index is 11.6. The van der Waals surface area contributed by atoms with Gasteiger partial charge in [0.05, 0.1) is 11.0 Å². The van der Waals surface area contributed by atoms with Gasteiger partial charge in [0.15, 0.2) is 15.6 Å². The molecule has 3 nitrogen and oxygen atoms in total. The summed E-state index contributed by atoms with van der Waals surface area (Å²) in [5, 5.41) is -0.480. The number of hydrogen-bond acceptors (Lipinski definition) is 3. The molecule has 0 fully saturated rings. The van der Waals surface area contributed by atoms with Gasteiger partial charge in [0.2, 0.25) is 0 Å². The van der Waals surface area contributed by atoms with Crippen LogP contribution in [0.15, 0.2) is 24.3 Å². The van der Waals surface area contributed by atoms with Crippen LogP contribution in [0.3, 0.4) is 0 Å². The molecular weight excluding hydrogens is 212 g/mol. The van der Waals surface area contributed by atoms with Gasteiger partial charge >= 0.3 is 0 Å². The molecule has 0 aliphatic carbocycles. The zero-order chi connectivity index (χ0) is 11.5. The molecule has 4 heteroatoms. The van der Waals surface area contributed by atoms with Crippen molar-refractivity contribution in [2.45, 2.75) is 25.5 Å². The molecule has 84 valence electrons. The van der Waals surface area contributed by atoms with E-state index in [2.05, 4.69) is 0 Å². The number of sulfone groups is 1. The molecule has 0 N–H and O–H groups in total. The normalized spacial score (nSPS) is 25.9. The van der Waals surface area contributed by atoms with E-state index in [9.17, 15) is 13.2 Å². The van der Waals surface area contributed by atoms with E-state index in [0.29, 0.717) is 6.42 Å². The predicted octanol–water partition coefficient (Wildman–Crippen LogP) is 1.51. The van der Waals surface area contributed by atoms with E-state index in [-0.39, 0.29) is 17.5 Å². The first-order valence-electron chi connectivity index (χ1n) is 5.01. The SMILES string of the molecule is CC=CC(=O)C[C@@H](C)[C@H]1C=CCS1(=O)=O. The highest BCUT2D eigenvalue weighted by Gasteiger charge is 2.31. The van der Waals surface area contributed by atoms with Crippen LogP contribution in [0, 0.1) is 5.92 Å². The second-order valence-electron chi connectivity index (χ2n) is 3.87. The van der Waals surface area contributed by atoms with Crippen LogP contribution < -0.4 is 0 Å². The Hall–Kier alpha value is -0.900. The maximum Gasteiger partial charge on any atom is 0.160 e. The molecule has 0 aromatic carbocycles. The lowest BCUT2D eigenvalue weighted by molar-refractivity contribution is -0.115. The summed E-state index contributed by atoms with van der Waals surface area (Å²) in [7, 11) is -3.03. The fraction of sp³-hybridized carbons (Fsp3) is 0.545. The molecule has 1 rings (SSSR count). The Balaban J connectivity index is 2.66. The average Bonchev–Trinajstić information content (AvgIpc) is 2.45. The highest BCUT2D eigenvalue weighted by atomic mass is 32.2. The van der Waals surface area contributed by atoms with Crippen molar-refractivity contribution < 1.29 is 13.2 Å². The van der Waals surface area contributed by atoms with Gasteiger partial charge in [-0.25, -0.2) is 8.42 Å². The maximum absolute atomic E-state index is 11.6. The molecule has 0 saturated heterocycles. The fourth-order valence-electron chi connectivity index (χ4n) is 1.79. The van der Waals surface area contributed by atoms with Crippen LogP contribution in [-0.4, -0.2) is 25.2 Å². The van der Waals surface area contributed by atoms with Gasteiger partial charge in [0.25, 0.3) is 0 Å². The van der Waals surface area contributed by atoms with Crippen LogP contribution in [0.4, 0.5) is 0 Å². The molecule has 0 amide bonds. The van der Waals surface area contributed by atoms with E-state index >= 15 is 0 Å². The Morgan fingerprint density at radius 1 is 1.60 bits per heavy atom. The van der Waals surface area contributed by atoms with Gasteiger partial charge < -0.3 is 0 Å². The van der Waals surface area contributed by atoms with E-state index in [1.807, 2.05) is 0 Å². The second kappa shape index (κ2) is 4.75. The van der Waals surface area contributed by atoms with Gasteiger partial charge in [-0.05, 0) is 18.9 Å². The summed E-state index contributed by atoms with van der Waals surface area (Å²) in [6.45, 7) is 3.58. The van der Waals surface area contributed by atoms with Crippen LogP contribution in [0.1, 0.15) is 20.3 Å². The topological polar surface area (TPSA) is 51.2 Å². The summed E-state index contributed by atoms with van der Waals surface area (Å²) < 4.78 is 23.1. The predicted molar refractivity (Wildman–Crippen MR) is 60.3 cm³/mol. The molecule has 1 aliphatic rings. The lowest BCUT2D eigenvalue weighted by Gasteiger charge is -2.15. The molecule has 1 heterocycles. The molecule has 0 aromatic heterocycles. The molecule has 2 atom stereocenters. The van der Waals surface area contributed by atoms with Crippen molar-refractivity contribution >= 4 is 15.6 Å². The van der Waals surface area contributed by atoms with E-state index < -0.39 is 15.1 Å². The van der Waals surface area contributed by atoms with Crippen molar-refractivity contribution in [1.82, 2.24) is 0 Å². The number of allylic oxidation sites excluding steroid dienone is 2. The van der Waals surface area contributed by atoms with Gasteiger partial charge in [-0.15, -0.1) is 0 Å². The zero-order valence-electron chi connectivity index (χ0n) is 9.01. The summed E-state index contributed by atoms with van der Waals surface area (Å²) in [5.74, 6) is -0.0437. The van der Waals surface area contributed by atoms with Crippen molar-refractivity contribution in [3.05, 3.63) is 24.3 Å². The average molecular weight is 228 g/mol. The minimum Gasteiger partial charge on any atom is -0.295 e. The second-order valence-corrected chi connectivity index (χ2v) is 6.07. The summed E-state index contributed by atoms with van der Waals surface area (Å²) in [5.41, 5.74) is 0. The Kier molecular flexibility index (Phi) is 3.85. The van der Waals surface area contributed by atoms with Gasteiger partial charge in [-0.3, -0.25) is 4.79 Å². The van der Waals surface area contributed by atoms with Gasteiger partial charge in [0.1, 0.15) is 0 Å². The van der Waals surface area contributed by atoms with Crippen LogP contribution in [0.5, 0.6) is 0 Å². The molecule has 0 aromatic rings. The van der Waals surface area contributed by atoms with E-state index in [4.69, 9.17) is 0 Å². The van der Waals surface area contributed by atoms with Gasteiger partial charge in [-0.2, -0.15) is 0 Å². The van der Waals surface area contributed by atoms with Crippen molar-refractivity contribution in [2.24, 2.45) is 5.92 Å². The van der Waals surface area contributed by atoms with E-state index in [0.717, 1.165) is 0 Å². The highest BCUT2D eigenvalue weighted by molar-refractivity contribution is 7.92. The first-order valence-corrected chi connectivity index (χ1v) is 6.72. The van der Waals surface area contributed by atoms with Gasteiger partial charge in [0, 0.05) is 6.42 Å². The van der Waals surface area contributed by atoms with Crippen molar-refractivity contribution in [3.8, 4) is 0 Å². The molecule has 0 bridgehead atoms. The van der Waals surface area contributed by atoms with E-state index in [1.165, 1.54) is 6.08 Å². The molecular formula is C11H16O3S. The number of hydrogen-bond donors (Lipinski definition) is 0. The highest BCUT2D eigenvalue weighted by Crippen LogP contribution is 2.23. The Labute approximate surface area is 90.8 Å². The third-order valence-electron chi connectivity index (χ3n) is 2.51. The molecule has 1 aliphatic heterocycles. The van der Waals surface area contributed by atoms with E-state index in [1.54, 1.807) is 32.1 Å².